The van der Waals surface area contributed by atoms with Gasteiger partial charge in [0.2, 0.25) is 0 Å². The number of hydrogen-bond donors (Lipinski definition) is 2. The lowest BCUT2D eigenvalue weighted by molar-refractivity contribution is -0.00295. The second-order valence-corrected chi connectivity index (χ2v) is 5.87. The lowest BCUT2D eigenvalue weighted by atomic mass is 9.88. The maximum Gasteiger partial charge on any atom is 0.270 e. The number of halogens is 1. The van der Waals surface area contributed by atoms with Crippen LogP contribution < -0.4 is 5.32 Å². The molecule has 2 atom stereocenters. The first kappa shape index (κ1) is 14.5. The Labute approximate surface area is 121 Å². The van der Waals surface area contributed by atoms with E-state index in [0.29, 0.717) is 35.3 Å². The number of nitrogens with zero attached hydrogens (tertiary/aromatic N) is 1. The summed E-state index contributed by atoms with van der Waals surface area (Å²) in [6.07, 6.45) is 6.87. The lowest BCUT2D eigenvalue weighted by Crippen LogP contribution is -2.32. The standard InChI is InChI=1S/C13H20BrN3O2/c1-9-4-2-3-5-11(9)19-7-6-15-13(18)12-10(14)8-16-17-12/h8-9,11H,2-7H2,1H3,(H,15,18)(H,16,17)/t9-,11-/m0/s1. The molecule has 2 N–H and O–H groups in total. The van der Waals surface area contributed by atoms with Gasteiger partial charge in [-0.25, -0.2) is 0 Å². The minimum atomic E-state index is -0.162. The number of nitrogens with one attached hydrogen (secondary N) is 2. The summed E-state index contributed by atoms with van der Waals surface area (Å²) in [5.41, 5.74) is 0.450. The number of aromatic amines is 1. The average molecular weight is 330 g/mol. The Morgan fingerprint density at radius 3 is 3.05 bits per heavy atom. The number of carbonyl (C=O) groups is 1. The zero-order valence-electron chi connectivity index (χ0n) is 11.1. The van der Waals surface area contributed by atoms with Gasteiger partial charge in [-0.15, -0.1) is 0 Å². The summed E-state index contributed by atoms with van der Waals surface area (Å²) in [4.78, 5) is 11.8. The molecule has 1 heterocycles. The molecule has 0 aliphatic heterocycles. The quantitative estimate of drug-likeness (QED) is 0.815. The van der Waals surface area contributed by atoms with Gasteiger partial charge in [0.25, 0.3) is 5.91 Å². The summed E-state index contributed by atoms with van der Waals surface area (Å²) in [5.74, 6) is 0.468. The number of H-pyrrole nitrogens is 1. The third-order valence-electron chi connectivity index (χ3n) is 3.57. The number of carbonyl (C=O) groups excluding carboxylic acids is 1. The summed E-state index contributed by atoms with van der Waals surface area (Å²) in [5, 5.41) is 9.26. The summed E-state index contributed by atoms with van der Waals surface area (Å²) in [7, 11) is 0. The molecule has 19 heavy (non-hydrogen) atoms. The number of ether oxygens (including phenoxy) is 1. The van der Waals surface area contributed by atoms with Crippen molar-refractivity contribution in [3.63, 3.8) is 0 Å². The summed E-state index contributed by atoms with van der Waals surface area (Å²) in [6.45, 7) is 3.32. The van der Waals surface area contributed by atoms with Gasteiger partial charge in [0, 0.05) is 6.54 Å². The fraction of sp³-hybridized carbons (Fsp3) is 0.692. The molecule has 1 fully saturated rings. The van der Waals surface area contributed by atoms with Crippen molar-refractivity contribution in [2.24, 2.45) is 5.92 Å². The number of hydrogen-bond acceptors (Lipinski definition) is 3. The fourth-order valence-electron chi connectivity index (χ4n) is 2.42. The molecule has 1 aliphatic carbocycles. The molecular formula is C13H20BrN3O2. The van der Waals surface area contributed by atoms with Crippen molar-refractivity contribution >= 4 is 21.8 Å². The molecule has 1 saturated carbocycles. The number of amides is 1. The monoisotopic (exact) mass is 329 g/mol. The highest BCUT2D eigenvalue weighted by atomic mass is 79.9. The number of rotatable bonds is 5. The Hall–Kier alpha value is -0.880. The van der Waals surface area contributed by atoms with Gasteiger partial charge in [-0.05, 0) is 34.7 Å². The highest BCUT2D eigenvalue weighted by Crippen LogP contribution is 2.25. The average Bonchev–Trinajstić information content (AvgIpc) is 2.82. The van der Waals surface area contributed by atoms with E-state index in [4.69, 9.17) is 4.74 Å². The van der Waals surface area contributed by atoms with Gasteiger partial charge < -0.3 is 10.1 Å². The van der Waals surface area contributed by atoms with Crippen LogP contribution in [0.5, 0.6) is 0 Å². The molecule has 0 radical (unpaired) electrons. The van der Waals surface area contributed by atoms with Crippen LogP contribution in [0.4, 0.5) is 0 Å². The second-order valence-electron chi connectivity index (χ2n) is 5.02. The minimum Gasteiger partial charge on any atom is -0.376 e. The van der Waals surface area contributed by atoms with E-state index in [-0.39, 0.29) is 5.91 Å². The maximum atomic E-state index is 11.8. The molecular weight excluding hydrogens is 310 g/mol. The van der Waals surface area contributed by atoms with Crippen LogP contribution in [0.2, 0.25) is 0 Å². The van der Waals surface area contributed by atoms with Crippen LogP contribution in [0.3, 0.4) is 0 Å². The van der Waals surface area contributed by atoms with E-state index in [1.165, 1.54) is 19.3 Å². The van der Waals surface area contributed by atoms with Gasteiger partial charge in [-0.1, -0.05) is 19.8 Å². The zero-order chi connectivity index (χ0) is 13.7. The highest BCUT2D eigenvalue weighted by Gasteiger charge is 2.21. The van der Waals surface area contributed by atoms with E-state index in [1.807, 2.05) is 0 Å². The molecule has 1 aromatic heterocycles. The smallest absolute Gasteiger partial charge is 0.270 e. The summed E-state index contributed by atoms with van der Waals surface area (Å²) >= 11 is 3.26. The van der Waals surface area contributed by atoms with Crippen LogP contribution in [-0.2, 0) is 4.74 Å². The van der Waals surface area contributed by atoms with Crippen LogP contribution >= 0.6 is 15.9 Å². The van der Waals surface area contributed by atoms with Crippen molar-refractivity contribution in [1.82, 2.24) is 15.5 Å². The van der Waals surface area contributed by atoms with Crippen molar-refractivity contribution in [3.05, 3.63) is 16.4 Å². The van der Waals surface area contributed by atoms with Gasteiger partial charge in [0.15, 0.2) is 0 Å². The highest BCUT2D eigenvalue weighted by molar-refractivity contribution is 9.10. The predicted molar refractivity (Wildman–Crippen MR) is 76.0 cm³/mol. The molecule has 0 unspecified atom stereocenters. The van der Waals surface area contributed by atoms with E-state index in [9.17, 15) is 4.79 Å². The van der Waals surface area contributed by atoms with Gasteiger partial charge in [0.1, 0.15) is 5.69 Å². The fourth-order valence-corrected chi connectivity index (χ4v) is 2.79. The minimum absolute atomic E-state index is 0.162. The van der Waals surface area contributed by atoms with E-state index in [1.54, 1.807) is 6.20 Å². The second kappa shape index (κ2) is 7.05. The van der Waals surface area contributed by atoms with Crippen molar-refractivity contribution < 1.29 is 9.53 Å². The normalized spacial score (nSPS) is 23.3. The predicted octanol–water partition coefficient (Wildman–Crippen LogP) is 2.50. The van der Waals surface area contributed by atoms with E-state index in [2.05, 4.69) is 38.4 Å². The van der Waals surface area contributed by atoms with Gasteiger partial charge in [0.05, 0.1) is 23.4 Å². The Balaban J connectivity index is 1.67. The van der Waals surface area contributed by atoms with Crippen molar-refractivity contribution in [1.29, 1.82) is 0 Å². The first-order valence-corrected chi connectivity index (χ1v) is 7.56. The van der Waals surface area contributed by atoms with E-state index in [0.717, 1.165) is 6.42 Å². The van der Waals surface area contributed by atoms with Crippen LogP contribution in [0.25, 0.3) is 0 Å². The molecule has 0 saturated heterocycles. The Morgan fingerprint density at radius 2 is 2.37 bits per heavy atom. The Morgan fingerprint density at radius 1 is 1.58 bits per heavy atom. The van der Waals surface area contributed by atoms with Gasteiger partial charge in [-0.2, -0.15) is 5.10 Å². The zero-order valence-corrected chi connectivity index (χ0v) is 12.7. The van der Waals surface area contributed by atoms with Crippen LogP contribution in [0.15, 0.2) is 10.7 Å². The topological polar surface area (TPSA) is 67.0 Å². The molecule has 6 heteroatoms. The molecule has 106 valence electrons. The summed E-state index contributed by atoms with van der Waals surface area (Å²) < 4.78 is 6.51. The largest absolute Gasteiger partial charge is 0.376 e. The van der Waals surface area contributed by atoms with Crippen molar-refractivity contribution in [2.45, 2.75) is 38.7 Å². The van der Waals surface area contributed by atoms with Gasteiger partial charge >= 0.3 is 0 Å². The first-order valence-electron chi connectivity index (χ1n) is 6.77. The van der Waals surface area contributed by atoms with Crippen LogP contribution in [0.1, 0.15) is 43.1 Å². The molecule has 2 rings (SSSR count). The van der Waals surface area contributed by atoms with E-state index < -0.39 is 0 Å². The molecule has 1 aromatic rings. The molecule has 0 aromatic carbocycles. The maximum absolute atomic E-state index is 11.8. The van der Waals surface area contributed by atoms with Crippen LogP contribution in [0, 0.1) is 5.92 Å². The first-order chi connectivity index (χ1) is 9.18. The lowest BCUT2D eigenvalue weighted by Gasteiger charge is -2.28. The Bertz CT molecular complexity index is 422. The molecule has 5 nitrogen and oxygen atoms in total. The van der Waals surface area contributed by atoms with Crippen molar-refractivity contribution in [2.75, 3.05) is 13.2 Å². The third-order valence-corrected chi connectivity index (χ3v) is 4.17. The summed E-state index contributed by atoms with van der Waals surface area (Å²) in [6, 6.07) is 0. The Kier molecular flexibility index (Phi) is 5.39. The third kappa shape index (κ3) is 4.04. The van der Waals surface area contributed by atoms with E-state index >= 15 is 0 Å². The van der Waals surface area contributed by atoms with Crippen molar-refractivity contribution in [3.8, 4) is 0 Å². The van der Waals surface area contributed by atoms with Gasteiger partial charge in [-0.3, -0.25) is 9.89 Å². The molecule has 0 spiro atoms. The number of aromatic nitrogens is 2. The SMILES string of the molecule is C[C@H]1CCCC[C@@H]1OCCNC(=O)c1[nH]ncc1Br. The molecule has 1 aliphatic rings. The molecule has 1 amide bonds. The molecule has 0 bridgehead atoms. The van der Waals surface area contributed by atoms with Crippen LogP contribution in [-0.4, -0.2) is 35.4 Å².